The van der Waals surface area contributed by atoms with Crippen molar-refractivity contribution in [2.75, 3.05) is 0 Å². The van der Waals surface area contributed by atoms with Crippen LogP contribution in [0.3, 0.4) is 0 Å². The number of halogens is 17. The zero-order chi connectivity index (χ0) is 22.0. The van der Waals surface area contributed by atoms with Gasteiger partial charge in [0, 0.05) is 0 Å². The van der Waals surface area contributed by atoms with Crippen LogP contribution in [0, 0.1) is 0 Å². The van der Waals surface area contributed by atoms with Gasteiger partial charge in [0.15, 0.2) is 0 Å². The van der Waals surface area contributed by atoms with E-state index in [2.05, 4.69) is 0 Å². The third-order valence-corrected chi connectivity index (χ3v) is 2.78. The van der Waals surface area contributed by atoms with Crippen LogP contribution < -0.4 is 0 Å². The van der Waals surface area contributed by atoms with Gasteiger partial charge in [-0.05, 0) is 0 Å². The largest absolute Gasteiger partial charge is 0.460 e. The highest BCUT2D eigenvalue weighted by atomic mass is 19.4. The van der Waals surface area contributed by atoms with E-state index in [1.807, 2.05) is 0 Å². The molecule has 0 saturated carbocycles. The highest BCUT2D eigenvalue weighted by molar-refractivity contribution is 5.16. The highest BCUT2D eigenvalue weighted by Crippen LogP contribution is 2.64. The Bertz CT molecular complexity index is 504. The number of hydrogen-bond acceptors (Lipinski definition) is 0. The summed E-state index contributed by atoms with van der Waals surface area (Å²) in [7, 11) is 0. The van der Waals surface area contributed by atoms with Crippen LogP contribution in [0.25, 0.3) is 0 Å². The second-order valence-corrected chi connectivity index (χ2v) is 4.47. The van der Waals surface area contributed by atoms with Gasteiger partial charge in [-0.3, -0.25) is 0 Å². The summed E-state index contributed by atoms with van der Waals surface area (Å²) in [5, 5.41) is 10.5. The maximum Gasteiger partial charge on any atom is 0.460 e. The molecule has 18 heteroatoms. The third-order valence-electron chi connectivity index (χ3n) is 2.78. The maximum atomic E-state index is 13.0. The molecule has 0 rings (SSSR count). The minimum Gasteiger partial charge on any atom is -0.202 e. The molecule has 1 nitrogen and oxygen atoms in total. The molecule has 0 N–H and O–H groups in total. The second kappa shape index (κ2) is 5.63. The van der Waals surface area contributed by atoms with Gasteiger partial charge < -0.3 is 0 Å². The predicted octanol–water partition coefficient (Wildman–Crippen LogP) is 5.38. The molecule has 0 bridgehead atoms. The smallest absolute Gasteiger partial charge is 0.202 e. The van der Waals surface area contributed by atoms with Crippen LogP contribution >= 0.6 is 0 Å². The van der Waals surface area contributed by atoms with Crippen molar-refractivity contribution in [2.45, 2.75) is 47.8 Å². The fourth-order valence-electron chi connectivity index (χ4n) is 1.31. The molecule has 0 aliphatic heterocycles. The van der Waals surface area contributed by atoms with Crippen LogP contribution in [-0.4, -0.2) is 47.8 Å². The van der Waals surface area contributed by atoms with Gasteiger partial charge >= 0.3 is 47.8 Å². The van der Waals surface area contributed by atoms with Gasteiger partial charge in [-0.1, -0.05) is 0 Å². The molecular weight excluding hydrogens is 435 g/mol. The van der Waals surface area contributed by atoms with Crippen LogP contribution in [0.2, 0.25) is 0 Å². The summed E-state index contributed by atoms with van der Waals surface area (Å²) >= 11 is 0. The molecule has 26 heavy (non-hydrogen) atoms. The molecule has 0 amide bonds. The molecule has 0 aromatic carbocycles. The van der Waals surface area contributed by atoms with E-state index in [1.54, 1.807) is 0 Å². The Morgan fingerprint density at radius 2 is 0.538 bits per heavy atom. The molecule has 157 valence electrons. The molecule has 0 spiro atoms. The van der Waals surface area contributed by atoms with Crippen molar-refractivity contribution < 1.29 is 79.7 Å². The van der Waals surface area contributed by atoms with Crippen molar-refractivity contribution in [3.8, 4) is 0 Å². The van der Waals surface area contributed by atoms with E-state index >= 15 is 0 Å². The molecule has 0 aliphatic rings. The number of hydrogen-bond donors (Lipinski definition) is 0. The van der Waals surface area contributed by atoms with Crippen molar-refractivity contribution in [3.05, 3.63) is 0 Å². The Labute approximate surface area is 129 Å². The van der Waals surface area contributed by atoms with Gasteiger partial charge in [-0.15, -0.1) is 0 Å². The van der Waals surface area contributed by atoms with Crippen LogP contribution in [0.4, 0.5) is 74.6 Å². The summed E-state index contributed by atoms with van der Waals surface area (Å²) in [6, 6.07) is 0. The quantitative estimate of drug-likeness (QED) is 0.529. The minimum atomic E-state index is -8.76. The molecular formula is C8F17O. The summed E-state index contributed by atoms with van der Waals surface area (Å²) in [6.07, 6.45) is -24.0. The maximum absolute atomic E-state index is 13.0. The SMILES string of the molecule is [O]C(C(F)(F)F)(C(F)(F)F)C(F)(F)C(F)(F)C(F)(F)C(F)(F)C(F)(F)F. The van der Waals surface area contributed by atoms with Crippen molar-refractivity contribution in [1.29, 1.82) is 0 Å². The summed E-state index contributed by atoms with van der Waals surface area (Å²) < 4.78 is 209. The molecule has 0 saturated heterocycles. The highest BCUT2D eigenvalue weighted by Gasteiger charge is 2.97. The van der Waals surface area contributed by atoms with Gasteiger partial charge in [-0.2, -0.15) is 74.6 Å². The van der Waals surface area contributed by atoms with Crippen LogP contribution in [0.5, 0.6) is 0 Å². The van der Waals surface area contributed by atoms with Crippen LogP contribution in [-0.2, 0) is 5.11 Å². The normalized spacial score (nSPS) is 16.8. The van der Waals surface area contributed by atoms with Gasteiger partial charge in [0.1, 0.15) is 0 Å². The predicted molar refractivity (Wildman–Crippen MR) is 41.4 cm³/mol. The first-order valence-corrected chi connectivity index (χ1v) is 5.17. The Morgan fingerprint density at radius 1 is 0.308 bits per heavy atom. The van der Waals surface area contributed by atoms with E-state index in [1.165, 1.54) is 0 Å². The van der Waals surface area contributed by atoms with E-state index in [-0.39, 0.29) is 0 Å². The summed E-state index contributed by atoms with van der Waals surface area (Å²) in [6.45, 7) is 0. The Balaban J connectivity index is 6.86. The lowest BCUT2D eigenvalue weighted by Gasteiger charge is -2.43. The van der Waals surface area contributed by atoms with Crippen molar-refractivity contribution in [1.82, 2.24) is 0 Å². The average molecular weight is 435 g/mol. The molecule has 0 heterocycles. The Morgan fingerprint density at radius 3 is 0.731 bits per heavy atom. The molecule has 0 aromatic rings. The molecule has 1 radical (unpaired) electrons. The molecule has 0 aliphatic carbocycles. The summed E-state index contributed by atoms with van der Waals surface area (Å²) in [5.74, 6) is -34.3. The first-order chi connectivity index (χ1) is 10.8. The van der Waals surface area contributed by atoms with Crippen molar-refractivity contribution >= 4 is 0 Å². The lowest BCUT2D eigenvalue weighted by atomic mass is 9.84. The summed E-state index contributed by atoms with van der Waals surface area (Å²) in [4.78, 5) is 0. The Kier molecular flexibility index (Phi) is 5.37. The molecule has 0 unspecified atom stereocenters. The Hall–Kier alpha value is -1.23. The zero-order valence-electron chi connectivity index (χ0n) is 10.8. The van der Waals surface area contributed by atoms with Gasteiger partial charge in [0.2, 0.25) is 0 Å². The fourth-order valence-corrected chi connectivity index (χ4v) is 1.31. The number of rotatable bonds is 4. The van der Waals surface area contributed by atoms with Crippen LogP contribution in [0.1, 0.15) is 0 Å². The standard InChI is InChI=1S/C8F17O/c9-2(10,1(26,6(17,18)19)7(20,21)22)3(11,12)4(13,14)5(15,16)8(23,24)25. The monoisotopic (exact) mass is 435 g/mol. The van der Waals surface area contributed by atoms with E-state index in [0.29, 0.717) is 0 Å². The van der Waals surface area contributed by atoms with Gasteiger partial charge in [0.25, 0.3) is 0 Å². The second-order valence-electron chi connectivity index (χ2n) is 4.47. The first-order valence-electron chi connectivity index (χ1n) is 5.17. The van der Waals surface area contributed by atoms with E-state index in [0.717, 1.165) is 0 Å². The van der Waals surface area contributed by atoms with E-state index in [4.69, 9.17) is 0 Å². The fraction of sp³-hybridized carbons (Fsp3) is 1.00. The number of alkyl halides is 17. The molecule has 0 atom stereocenters. The molecule has 0 aromatic heterocycles. The van der Waals surface area contributed by atoms with Gasteiger partial charge in [0.05, 0.1) is 0 Å². The topological polar surface area (TPSA) is 19.9 Å². The van der Waals surface area contributed by atoms with Gasteiger partial charge in [-0.25, -0.2) is 5.11 Å². The minimum absolute atomic E-state index is 7.82. The zero-order valence-corrected chi connectivity index (χ0v) is 10.8. The molecule has 0 fully saturated rings. The lowest BCUT2D eigenvalue weighted by Crippen LogP contribution is -2.77. The summed E-state index contributed by atoms with van der Waals surface area (Å²) in [5.41, 5.74) is -8.36. The first kappa shape index (κ1) is 24.8. The van der Waals surface area contributed by atoms with Crippen molar-refractivity contribution in [2.24, 2.45) is 0 Å². The average Bonchev–Trinajstić information content (AvgIpc) is 2.32. The van der Waals surface area contributed by atoms with Crippen LogP contribution in [0.15, 0.2) is 0 Å². The van der Waals surface area contributed by atoms with E-state index < -0.39 is 47.8 Å². The van der Waals surface area contributed by atoms with E-state index in [9.17, 15) is 79.7 Å². The van der Waals surface area contributed by atoms with Crippen molar-refractivity contribution in [3.63, 3.8) is 0 Å². The lowest BCUT2D eigenvalue weighted by molar-refractivity contribution is -0.495. The third kappa shape index (κ3) is 2.83.